The number of esters is 1. The van der Waals surface area contributed by atoms with Crippen LogP contribution < -0.4 is 4.74 Å². The number of nitrogens with zero attached hydrogens (tertiary/aromatic N) is 1. The Morgan fingerprint density at radius 1 is 1.38 bits per heavy atom. The number of hydrogen-bond acceptors (Lipinski definition) is 4. The summed E-state index contributed by atoms with van der Waals surface area (Å²) < 4.78 is 10.9. The highest BCUT2D eigenvalue weighted by atomic mass is 79.9. The Balaban J connectivity index is 2.26. The molecule has 1 aliphatic carbocycles. The van der Waals surface area contributed by atoms with E-state index < -0.39 is 5.54 Å². The lowest BCUT2D eigenvalue weighted by molar-refractivity contribution is -0.149. The summed E-state index contributed by atoms with van der Waals surface area (Å²) in [7, 11) is 3.18. The summed E-state index contributed by atoms with van der Waals surface area (Å²) >= 11 is 3.36. The Labute approximate surface area is 132 Å². The number of ether oxygens (including phenoxy) is 2. The van der Waals surface area contributed by atoms with Crippen LogP contribution in [0.15, 0.2) is 22.7 Å². The van der Waals surface area contributed by atoms with Crippen molar-refractivity contribution >= 4 is 27.8 Å². The van der Waals surface area contributed by atoms with Crippen molar-refractivity contribution in [1.82, 2.24) is 4.90 Å². The van der Waals surface area contributed by atoms with Gasteiger partial charge in [-0.3, -0.25) is 4.79 Å². The zero-order valence-corrected chi connectivity index (χ0v) is 13.9. The van der Waals surface area contributed by atoms with Gasteiger partial charge in [0.15, 0.2) is 0 Å². The van der Waals surface area contributed by atoms with Crippen LogP contribution >= 0.6 is 15.9 Å². The van der Waals surface area contributed by atoms with Gasteiger partial charge in [-0.15, -0.1) is 0 Å². The predicted octanol–water partition coefficient (Wildman–Crippen LogP) is 2.63. The first-order chi connectivity index (χ1) is 9.96. The van der Waals surface area contributed by atoms with Gasteiger partial charge in [0.2, 0.25) is 0 Å². The van der Waals surface area contributed by atoms with Crippen molar-refractivity contribution in [3.63, 3.8) is 0 Å². The molecule has 0 atom stereocenters. The van der Waals surface area contributed by atoms with Gasteiger partial charge in [0.05, 0.1) is 19.3 Å². The molecular formula is C15H18BrNO4. The highest BCUT2D eigenvalue weighted by Crippen LogP contribution is 2.43. The van der Waals surface area contributed by atoms with Gasteiger partial charge in [0, 0.05) is 11.5 Å². The minimum absolute atomic E-state index is 0.230. The molecule has 0 aromatic heterocycles. The summed E-state index contributed by atoms with van der Waals surface area (Å²) in [5.41, 5.74) is -0.345. The van der Waals surface area contributed by atoms with Crippen molar-refractivity contribution in [1.29, 1.82) is 0 Å². The van der Waals surface area contributed by atoms with E-state index in [9.17, 15) is 9.59 Å². The number of rotatable bonds is 5. The Morgan fingerprint density at radius 3 is 2.57 bits per heavy atom. The van der Waals surface area contributed by atoms with Gasteiger partial charge >= 0.3 is 5.97 Å². The zero-order valence-electron chi connectivity index (χ0n) is 12.3. The standard InChI is InChI=1S/C15H18BrNO4/c1-4-21-14(19)15(7-8-15)17(2)13(18)11-9-10(20-3)5-6-12(11)16/h5-6,9H,4,7-8H2,1-3H3. The van der Waals surface area contributed by atoms with Gasteiger partial charge in [-0.2, -0.15) is 0 Å². The molecule has 1 saturated carbocycles. The number of amides is 1. The Kier molecular flexibility index (Phi) is 4.56. The second-order valence-corrected chi connectivity index (χ2v) is 5.82. The quantitative estimate of drug-likeness (QED) is 0.761. The summed E-state index contributed by atoms with van der Waals surface area (Å²) in [6.45, 7) is 2.07. The van der Waals surface area contributed by atoms with Crippen molar-refractivity contribution < 1.29 is 19.1 Å². The molecular weight excluding hydrogens is 338 g/mol. The van der Waals surface area contributed by atoms with E-state index in [0.29, 0.717) is 35.2 Å². The highest BCUT2D eigenvalue weighted by molar-refractivity contribution is 9.10. The fourth-order valence-electron chi connectivity index (χ4n) is 2.23. The van der Waals surface area contributed by atoms with Crippen LogP contribution in [0.2, 0.25) is 0 Å². The molecule has 0 bridgehead atoms. The zero-order chi connectivity index (χ0) is 15.6. The lowest BCUT2D eigenvalue weighted by Gasteiger charge is -2.26. The van der Waals surface area contributed by atoms with Crippen LogP contribution in [0.4, 0.5) is 0 Å². The monoisotopic (exact) mass is 355 g/mol. The molecule has 0 aliphatic heterocycles. The van der Waals surface area contributed by atoms with Crippen LogP contribution in [0.25, 0.3) is 0 Å². The molecule has 0 heterocycles. The van der Waals surface area contributed by atoms with Crippen molar-refractivity contribution in [3.8, 4) is 5.75 Å². The molecule has 6 heteroatoms. The van der Waals surface area contributed by atoms with Crippen LogP contribution in [0, 0.1) is 0 Å². The summed E-state index contributed by atoms with van der Waals surface area (Å²) in [5, 5.41) is 0. The van der Waals surface area contributed by atoms with Gasteiger partial charge in [0.1, 0.15) is 11.3 Å². The molecule has 114 valence electrons. The van der Waals surface area contributed by atoms with Gasteiger partial charge in [-0.25, -0.2) is 4.79 Å². The average molecular weight is 356 g/mol. The van der Waals surface area contributed by atoms with E-state index >= 15 is 0 Å². The molecule has 1 amide bonds. The summed E-state index contributed by atoms with van der Waals surface area (Å²) in [6.07, 6.45) is 1.27. The lowest BCUT2D eigenvalue weighted by atomic mass is 10.1. The number of likely N-dealkylation sites (N-methyl/N-ethyl adjacent to an activating group) is 1. The predicted molar refractivity (Wildman–Crippen MR) is 81.4 cm³/mol. The number of methoxy groups -OCH3 is 1. The molecule has 1 aromatic rings. The fraction of sp³-hybridized carbons (Fsp3) is 0.467. The summed E-state index contributed by atoms with van der Waals surface area (Å²) in [5.74, 6) is 0.0297. The van der Waals surface area contributed by atoms with Gasteiger partial charge < -0.3 is 14.4 Å². The number of benzene rings is 1. The first-order valence-electron chi connectivity index (χ1n) is 6.75. The van der Waals surface area contributed by atoms with Crippen LogP contribution in [-0.2, 0) is 9.53 Å². The fourth-order valence-corrected chi connectivity index (χ4v) is 2.65. The maximum Gasteiger partial charge on any atom is 0.332 e. The highest BCUT2D eigenvalue weighted by Gasteiger charge is 2.56. The maximum atomic E-state index is 12.7. The second kappa shape index (κ2) is 6.05. The van der Waals surface area contributed by atoms with Crippen LogP contribution in [0.1, 0.15) is 30.1 Å². The van der Waals surface area contributed by atoms with E-state index in [2.05, 4.69) is 15.9 Å². The molecule has 0 spiro atoms. The number of halogens is 1. The minimum Gasteiger partial charge on any atom is -0.497 e. The number of hydrogen-bond donors (Lipinski definition) is 0. The molecule has 1 aromatic carbocycles. The van der Waals surface area contributed by atoms with Gasteiger partial charge in [-0.1, -0.05) is 0 Å². The smallest absolute Gasteiger partial charge is 0.332 e. The normalized spacial score (nSPS) is 15.2. The summed E-state index contributed by atoms with van der Waals surface area (Å²) in [6, 6.07) is 5.17. The molecule has 0 radical (unpaired) electrons. The third-order valence-corrected chi connectivity index (χ3v) is 4.42. The number of carbonyl (C=O) groups is 2. The Hall–Kier alpha value is -1.56. The molecule has 21 heavy (non-hydrogen) atoms. The van der Waals surface area contributed by atoms with Crippen molar-refractivity contribution in [3.05, 3.63) is 28.2 Å². The summed E-state index contributed by atoms with van der Waals surface area (Å²) in [4.78, 5) is 26.2. The van der Waals surface area contributed by atoms with Crippen molar-refractivity contribution in [2.75, 3.05) is 20.8 Å². The van der Waals surface area contributed by atoms with E-state index in [1.165, 1.54) is 4.90 Å². The topological polar surface area (TPSA) is 55.8 Å². The molecule has 0 N–H and O–H groups in total. The molecule has 1 aliphatic rings. The third kappa shape index (κ3) is 2.90. The largest absolute Gasteiger partial charge is 0.497 e. The SMILES string of the molecule is CCOC(=O)C1(N(C)C(=O)c2cc(OC)ccc2Br)CC1. The Bertz CT molecular complexity index is 569. The average Bonchev–Trinajstić information content (AvgIpc) is 3.28. The molecule has 2 rings (SSSR count). The second-order valence-electron chi connectivity index (χ2n) is 4.96. The minimum atomic E-state index is -0.810. The first-order valence-corrected chi connectivity index (χ1v) is 7.54. The van der Waals surface area contributed by atoms with Crippen molar-refractivity contribution in [2.45, 2.75) is 25.3 Å². The molecule has 0 saturated heterocycles. The van der Waals surface area contributed by atoms with E-state index in [1.807, 2.05) is 0 Å². The Morgan fingerprint density at radius 2 is 2.05 bits per heavy atom. The van der Waals surface area contributed by atoms with Crippen molar-refractivity contribution in [2.24, 2.45) is 0 Å². The molecule has 0 unspecified atom stereocenters. The lowest BCUT2D eigenvalue weighted by Crippen LogP contribution is -2.45. The third-order valence-electron chi connectivity index (χ3n) is 3.73. The first kappa shape index (κ1) is 15.8. The number of carbonyl (C=O) groups excluding carboxylic acids is 2. The van der Waals surface area contributed by atoms with E-state index in [0.717, 1.165) is 0 Å². The van der Waals surface area contributed by atoms with Crippen LogP contribution in [0.5, 0.6) is 5.75 Å². The van der Waals surface area contributed by atoms with Gasteiger partial charge in [0.25, 0.3) is 5.91 Å². The van der Waals surface area contributed by atoms with E-state index in [4.69, 9.17) is 9.47 Å². The molecule has 1 fully saturated rings. The van der Waals surface area contributed by atoms with Crippen LogP contribution in [0.3, 0.4) is 0 Å². The van der Waals surface area contributed by atoms with Crippen LogP contribution in [-0.4, -0.2) is 43.1 Å². The van der Waals surface area contributed by atoms with Gasteiger partial charge in [-0.05, 0) is 53.9 Å². The maximum absolute atomic E-state index is 12.7. The van der Waals surface area contributed by atoms with E-state index in [-0.39, 0.29) is 11.9 Å². The molecule has 5 nitrogen and oxygen atoms in total. The van der Waals surface area contributed by atoms with E-state index in [1.54, 1.807) is 39.3 Å².